The molecular formula is C12H17N5O2. The minimum Gasteiger partial charge on any atom is -0.493 e. The number of aryl methyl sites for hydroxylation is 1. The predicted molar refractivity (Wildman–Crippen MR) is 68.7 cm³/mol. The molecule has 0 saturated carbocycles. The van der Waals surface area contributed by atoms with E-state index < -0.39 is 0 Å². The first-order valence-corrected chi connectivity index (χ1v) is 5.89. The van der Waals surface area contributed by atoms with Crippen molar-refractivity contribution >= 4 is 0 Å². The maximum atomic E-state index is 5.83. The lowest BCUT2D eigenvalue weighted by atomic mass is 10.1. The van der Waals surface area contributed by atoms with Gasteiger partial charge in [0.25, 0.3) is 0 Å². The Balaban J connectivity index is 2.11. The summed E-state index contributed by atoms with van der Waals surface area (Å²) < 4.78 is 10.9. The van der Waals surface area contributed by atoms with Crippen molar-refractivity contribution in [1.29, 1.82) is 0 Å². The number of tetrazole rings is 1. The van der Waals surface area contributed by atoms with Crippen LogP contribution in [0.4, 0.5) is 0 Å². The molecule has 0 amide bonds. The largest absolute Gasteiger partial charge is 0.493 e. The summed E-state index contributed by atoms with van der Waals surface area (Å²) in [6.45, 7) is 2.15. The molecule has 1 aromatic heterocycles. The molecule has 19 heavy (non-hydrogen) atoms. The average Bonchev–Trinajstić information content (AvgIpc) is 2.81. The lowest BCUT2D eigenvalue weighted by Crippen LogP contribution is -2.06. The highest BCUT2D eigenvalue weighted by Crippen LogP contribution is 2.30. The maximum absolute atomic E-state index is 5.83. The van der Waals surface area contributed by atoms with Crippen LogP contribution in [0.1, 0.15) is 24.4 Å². The Morgan fingerprint density at radius 3 is 2.74 bits per heavy atom. The van der Waals surface area contributed by atoms with Crippen molar-refractivity contribution < 1.29 is 9.47 Å². The van der Waals surface area contributed by atoms with E-state index in [1.807, 2.05) is 25.1 Å². The Morgan fingerprint density at radius 1 is 1.37 bits per heavy atom. The van der Waals surface area contributed by atoms with Crippen LogP contribution in [0.5, 0.6) is 11.5 Å². The van der Waals surface area contributed by atoms with Crippen LogP contribution in [0, 0.1) is 0 Å². The summed E-state index contributed by atoms with van der Waals surface area (Å²) in [4.78, 5) is 1.38. The minimum atomic E-state index is -0.0513. The number of nitrogens with zero attached hydrogens (tertiary/aromatic N) is 4. The lowest BCUT2D eigenvalue weighted by molar-refractivity contribution is 0.275. The third-order valence-corrected chi connectivity index (χ3v) is 2.62. The SMILES string of the molecule is COc1cc([C@@H](C)N)ccc1OCc1nnn(C)n1. The second-order valence-electron chi connectivity index (χ2n) is 4.18. The monoisotopic (exact) mass is 263 g/mol. The van der Waals surface area contributed by atoms with Crippen LogP contribution < -0.4 is 15.2 Å². The molecule has 2 N–H and O–H groups in total. The summed E-state index contributed by atoms with van der Waals surface area (Å²) >= 11 is 0. The number of rotatable bonds is 5. The molecule has 7 nitrogen and oxygen atoms in total. The Hall–Kier alpha value is -2.15. The van der Waals surface area contributed by atoms with Gasteiger partial charge < -0.3 is 15.2 Å². The van der Waals surface area contributed by atoms with Crippen LogP contribution >= 0.6 is 0 Å². The molecule has 0 bridgehead atoms. The van der Waals surface area contributed by atoms with E-state index in [1.165, 1.54) is 4.80 Å². The predicted octanol–water partition coefficient (Wildman–Crippen LogP) is 0.817. The number of methoxy groups -OCH3 is 1. The van der Waals surface area contributed by atoms with Gasteiger partial charge in [-0.3, -0.25) is 0 Å². The summed E-state index contributed by atoms with van der Waals surface area (Å²) in [6, 6.07) is 5.55. The van der Waals surface area contributed by atoms with Crippen LogP contribution in [0.3, 0.4) is 0 Å². The molecule has 0 unspecified atom stereocenters. The van der Waals surface area contributed by atoms with Crippen LogP contribution in [-0.4, -0.2) is 27.3 Å². The normalized spacial score (nSPS) is 12.2. The fourth-order valence-electron chi connectivity index (χ4n) is 1.61. The molecule has 1 heterocycles. The zero-order valence-electron chi connectivity index (χ0n) is 11.2. The molecule has 0 spiro atoms. The van der Waals surface area contributed by atoms with Crippen LogP contribution in [-0.2, 0) is 13.7 Å². The molecule has 0 aliphatic carbocycles. The zero-order chi connectivity index (χ0) is 13.8. The Bertz CT molecular complexity index is 553. The molecule has 0 aliphatic rings. The highest BCUT2D eigenvalue weighted by Gasteiger charge is 2.09. The molecule has 0 saturated heterocycles. The van der Waals surface area contributed by atoms with E-state index in [-0.39, 0.29) is 12.6 Å². The zero-order valence-corrected chi connectivity index (χ0v) is 11.2. The van der Waals surface area contributed by atoms with Crippen molar-refractivity contribution in [2.75, 3.05) is 7.11 Å². The van der Waals surface area contributed by atoms with Gasteiger partial charge in [-0.05, 0) is 29.8 Å². The molecule has 102 valence electrons. The van der Waals surface area contributed by atoms with E-state index in [1.54, 1.807) is 14.2 Å². The lowest BCUT2D eigenvalue weighted by Gasteiger charge is -2.12. The molecule has 1 atom stereocenters. The molecule has 2 aromatic rings. The van der Waals surface area contributed by atoms with Gasteiger partial charge in [-0.2, -0.15) is 4.80 Å². The van der Waals surface area contributed by atoms with Gasteiger partial charge in [0.05, 0.1) is 14.2 Å². The molecule has 0 radical (unpaired) electrons. The third kappa shape index (κ3) is 3.19. The second kappa shape index (κ2) is 5.66. The highest BCUT2D eigenvalue weighted by atomic mass is 16.5. The van der Waals surface area contributed by atoms with Gasteiger partial charge >= 0.3 is 0 Å². The fraction of sp³-hybridized carbons (Fsp3) is 0.417. The van der Waals surface area contributed by atoms with E-state index in [0.29, 0.717) is 17.3 Å². The number of hydrogen-bond donors (Lipinski definition) is 1. The van der Waals surface area contributed by atoms with Crippen molar-refractivity contribution in [3.05, 3.63) is 29.6 Å². The van der Waals surface area contributed by atoms with Crippen molar-refractivity contribution in [2.24, 2.45) is 12.8 Å². The quantitative estimate of drug-likeness (QED) is 0.859. The average molecular weight is 263 g/mol. The van der Waals surface area contributed by atoms with Gasteiger partial charge in [0, 0.05) is 6.04 Å². The number of aromatic nitrogens is 4. The Kier molecular flexibility index (Phi) is 3.96. The van der Waals surface area contributed by atoms with Gasteiger partial charge in [-0.25, -0.2) is 0 Å². The molecule has 0 aliphatic heterocycles. The number of hydrogen-bond acceptors (Lipinski definition) is 6. The number of benzene rings is 1. The van der Waals surface area contributed by atoms with Gasteiger partial charge in [0.1, 0.15) is 0 Å². The summed E-state index contributed by atoms with van der Waals surface area (Å²) in [6.07, 6.45) is 0. The van der Waals surface area contributed by atoms with E-state index >= 15 is 0 Å². The van der Waals surface area contributed by atoms with Crippen molar-refractivity contribution in [3.8, 4) is 11.5 Å². The van der Waals surface area contributed by atoms with Crippen LogP contribution in [0.2, 0.25) is 0 Å². The Labute approximate surface area is 111 Å². The summed E-state index contributed by atoms with van der Waals surface area (Å²) in [5.74, 6) is 1.78. The van der Waals surface area contributed by atoms with Crippen molar-refractivity contribution in [3.63, 3.8) is 0 Å². The van der Waals surface area contributed by atoms with Crippen molar-refractivity contribution in [2.45, 2.75) is 19.6 Å². The first kappa shape index (κ1) is 13.3. The number of nitrogens with two attached hydrogens (primary N) is 1. The fourth-order valence-corrected chi connectivity index (χ4v) is 1.61. The van der Waals surface area contributed by atoms with Gasteiger partial charge in [0.2, 0.25) is 5.82 Å². The smallest absolute Gasteiger partial charge is 0.212 e. The van der Waals surface area contributed by atoms with Gasteiger partial charge in [0.15, 0.2) is 18.1 Å². The second-order valence-corrected chi connectivity index (χ2v) is 4.18. The highest BCUT2D eigenvalue weighted by molar-refractivity contribution is 5.43. The molecule has 1 aromatic carbocycles. The summed E-state index contributed by atoms with van der Waals surface area (Å²) in [5.41, 5.74) is 6.82. The van der Waals surface area contributed by atoms with E-state index in [4.69, 9.17) is 15.2 Å². The van der Waals surface area contributed by atoms with Gasteiger partial charge in [-0.1, -0.05) is 6.07 Å². The van der Waals surface area contributed by atoms with E-state index in [2.05, 4.69) is 15.4 Å². The molecule has 2 rings (SSSR count). The summed E-state index contributed by atoms with van der Waals surface area (Å²) in [5, 5.41) is 11.6. The molecule has 7 heteroatoms. The first-order chi connectivity index (χ1) is 9.10. The minimum absolute atomic E-state index is 0.0513. The number of ether oxygens (including phenoxy) is 2. The third-order valence-electron chi connectivity index (χ3n) is 2.62. The standard InChI is InChI=1S/C12H17N5O2/c1-8(13)9-4-5-10(11(6-9)18-3)19-7-12-14-16-17(2)15-12/h4-6,8H,7,13H2,1-3H3/t8-/m1/s1. The summed E-state index contributed by atoms with van der Waals surface area (Å²) in [7, 11) is 3.29. The first-order valence-electron chi connectivity index (χ1n) is 5.89. The van der Waals surface area contributed by atoms with Crippen LogP contribution in [0.15, 0.2) is 18.2 Å². The maximum Gasteiger partial charge on any atom is 0.212 e. The van der Waals surface area contributed by atoms with Crippen molar-refractivity contribution in [1.82, 2.24) is 20.2 Å². The van der Waals surface area contributed by atoms with E-state index in [0.717, 1.165) is 5.56 Å². The van der Waals surface area contributed by atoms with E-state index in [9.17, 15) is 0 Å². The Morgan fingerprint density at radius 2 is 2.16 bits per heavy atom. The molecular weight excluding hydrogens is 246 g/mol. The topological polar surface area (TPSA) is 88.1 Å². The van der Waals surface area contributed by atoms with Crippen LogP contribution in [0.25, 0.3) is 0 Å². The molecule has 0 fully saturated rings. The van der Waals surface area contributed by atoms with Gasteiger partial charge in [-0.15, -0.1) is 10.2 Å².